The van der Waals surface area contributed by atoms with Crippen molar-refractivity contribution in [3.05, 3.63) is 30.1 Å². The fraction of sp³-hybridized carbons (Fsp3) is 0.417. The molecule has 1 atom stereocenters. The van der Waals surface area contributed by atoms with E-state index in [0.717, 1.165) is 0 Å². The van der Waals surface area contributed by atoms with E-state index in [2.05, 4.69) is 5.32 Å². The molecule has 1 amide bonds. The van der Waals surface area contributed by atoms with Crippen LogP contribution in [0.2, 0.25) is 0 Å². The number of ether oxygens (including phenoxy) is 1. The SMILES string of the molecule is CC(CO)NC(=O)CCOc1cccc(F)c1. The van der Waals surface area contributed by atoms with Crippen LogP contribution in [0.4, 0.5) is 4.39 Å². The third-order valence-corrected chi connectivity index (χ3v) is 2.08. The summed E-state index contributed by atoms with van der Waals surface area (Å²) in [5.41, 5.74) is 0. The van der Waals surface area contributed by atoms with E-state index < -0.39 is 0 Å². The maximum absolute atomic E-state index is 12.8. The normalized spacial score (nSPS) is 11.9. The van der Waals surface area contributed by atoms with Gasteiger partial charge in [0.05, 0.1) is 19.6 Å². The number of aliphatic hydroxyl groups is 1. The monoisotopic (exact) mass is 241 g/mol. The van der Waals surface area contributed by atoms with Crippen LogP contribution >= 0.6 is 0 Å². The molecular weight excluding hydrogens is 225 g/mol. The van der Waals surface area contributed by atoms with Gasteiger partial charge >= 0.3 is 0 Å². The van der Waals surface area contributed by atoms with Gasteiger partial charge in [0.1, 0.15) is 11.6 Å². The summed E-state index contributed by atoms with van der Waals surface area (Å²) >= 11 is 0. The molecule has 0 aliphatic carbocycles. The van der Waals surface area contributed by atoms with Crippen molar-refractivity contribution in [1.82, 2.24) is 5.32 Å². The smallest absolute Gasteiger partial charge is 0.223 e. The van der Waals surface area contributed by atoms with Gasteiger partial charge in [-0.05, 0) is 19.1 Å². The minimum absolute atomic E-state index is 0.101. The Hall–Kier alpha value is -1.62. The second-order valence-electron chi connectivity index (χ2n) is 3.71. The lowest BCUT2D eigenvalue weighted by atomic mass is 10.3. The standard InChI is InChI=1S/C12H16FNO3/c1-9(8-15)14-12(16)5-6-17-11-4-2-3-10(13)7-11/h2-4,7,9,15H,5-6,8H2,1H3,(H,14,16). The molecule has 2 N–H and O–H groups in total. The zero-order valence-electron chi connectivity index (χ0n) is 9.65. The van der Waals surface area contributed by atoms with Crippen molar-refractivity contribution in [3.63, 3.8) is 0 Å². The highest BCUT2D eigenvalue weighted by Gasteiger charge is 2.06. The van der Waals surface area contributed by atoms with Crippen molar-refractivity contribution >= 4 is 5.91 Å². The van der Waals surface area contributed by atoms with Crippen LogP contribution in [0.25, 0.3) is 0 Å². The lowest BCUT2D eigenvalue weighted by Crippen LogP contribution is -2.35. The van der Waals surface area contributed by atoms with Gasteiger partial charge < -0.3 is 15.2 Å². The first-order valence-corrected chi connectivity index (χ1v) is 5.40. The number of hydrogen-bond donors (Lipinski definition) is 2. The van der Waals surface area contributed by atoms with Crippen molar-refractivity contribution in [2.24, 2.45) is 0 Å². The number of carbonyl (C=O) groups excluding carboxylic acids is 1. The van der Waals surface area contributed by atoms with Gasteiger partial charge in [-0.2, -0.15) is 0 Å². The van der Waals surface area contributed by atoms with E-state index in [-0.39, 0.29) is 37.4 Å². The van der Waals surface area contributed by atoms with Crippen LogP contribution in [0.5, 0.6) is 5.75 Å². The van der Waals surface area contributed by atoms with Crippen molar-refractivity contribution < 1.29 is 19.0 Å². The average Bonchev–Trinajstić information content (AvgIpc) is 2.29. The molecule has 1 rings (SSSR count). The van der Waals surface area contributed by atoms with Crippen molar-refractivity contribution in [2.75, 3.05) is 13.2 Å². The molecule has 0 bridgehead atoms. The highest BCUT2D eigenvalue weighted by atomic mass is 19.1. The van der Waals surface area contributed by atoms with Crippen molar-refractivity contribution in [3.8, 4) is 5.75 Å². The number of halogens is 1. The van der Waals surface area contributed by atoms with Gasteiger partial charge in [-0.15, -0.1) is 0 Å². The number of benzene rings is 1. The summed E-state index contributed by atoms with van der Waals surface area (Å²) < 4.78 is 18.0. The second kappa shape index (κ2) is 6.85. The van der Waals surface area contributed by atoms with E-state index in [0.29, 0.717) is 5.75 Å². The molecule has 0 radical (unpaired) electrons. The molecule has 0 aromatic heterocycles. The Labute approximate surface area is 99.4 Å². The topological polar surface area (TPSA) is 58.6 Å². The maximum Gasteiger partial charge on any atom is 0.223 e. The van der Waals surface area contributed by atoms with Gasteiger partial charge in [-0.25, -0.2) is 4.39 Å². The summed E-state index contributed by atoms with van der Waals surface area (Å²) in [6.07, 6.45) is 0.168. The molecular formula is C12H16FNO3. The Balaban J connectivity index is 2.26. The quantitative estimate of drug-likeness (QED) is 0.784. The predicted octanol–water partition coefficient (Wildman–Crippen LogP) is 1.09. The first kappa shape index (κ1) is 13.4. The molecule has 17 heavy (non-hydrogen) atoms. The van der Waals surface area contributed by atoms with E-state index >= 15 is 0 Å². The van der Waals surface area contributed by atoms with E-state index in [9.17, 15) is 9.18 Å². The summed E-state index contributed by atoms with van der Waals surface area (Å²) in [6.45, 7) is 1.77. The molecule has 0 fully saturated rings. The molecule has 0 heterocycles. The Bertz CT molecular complexity index is 371. The van der Waals surface area contributed by atoms with Gasteiger partial charge in [0.2, 0.25) is 5.91 Å². The first-order valence-electron chi connectivity index (χ1n) is 5.40. The molecule has 0 saturated carbocycles. The average molecular weight is 241 g/mol. The van der Waals surface area contributed by atoms with Crippen LogP contribution in [0.3, 0.4) is 0 Å². The fourth-order valence-corrected chi connectivity index (χ4v) is 1.21. The van der Waals surface area contributed by atoms with Gasteiger partial charge in [0, 0.05) is 12.1 Å². The Morgan fingerprint density at radius 3 is 3.00 bits per heavy atom. The van der Waals surface area contributed by atoms with Crippen LogP contribution in [0.1, 0.15) is 13.3 Å². The molecule has 5 heteroatoms. The molecule has 1 aromatic rings. The summed E-state index contributed by atoms with van der Waals surface area (Å²) in [4.78, 5) is 11.3. The molecule has 0 aliphatic rings. The second-order valence-corrected chi connectivity index (χ2v) is 3.71. The zero-order valence-corrected chi connectivity index (χ0v) is 9.65. The van der Waals surface area contributed by atoms with Crippen LogP contribution in [0, 0.1) is 5.82 Å². The van der Waals surface area contributed by atoms with Crippen LogP contribution in [-0.4, -0.2) is 30.3 Å². The number of amides is 1. The summed E-state index contributed by atoms with van der Waals surface area (Å²) in [7, 11) is 0. The minimum Gasteiger partial charge on any atom is -0.493 e. The first-order chi connectivity index (χ1) is 8.11. The van der Waals surface area contributed by atoms with Crippen LogP contribution in [-0.2, 0) is 4.79 Å². The van der Waals surface area contributed by atoms with Gasteiger partial charge in [-0.1, -0.05) is 6.07 Å². The van der Waals surface area contributed by atoms with Crippen molar-refractivity contribution in [1.29, 1.82) is 0 Å². The number of hydrogen-bond acceptors (Lipinski definition) is 3. The number of nitrogens with one attached hydrogen (secondary N) is 1. The summed E-state index contributed by atoms with van der Waals surface area (Å²) in [5, 5.41) is 11.3. The molecule has 0 spiro atoms. The number of aliphatic hydroxyl groups excluding tert-OH is 1. The molecule has 0 saturated heterocycles. The Morgan fingerprint density at radius 2 is 2.35 bits per heavy atom. The van der Waals surface area contributed by atoms with E-state index in [1.165, 1.54) is 12.1 Å². The molecule has 94 valence electrons. The Morgan fingerprint density at radius 1 is 1.59 bits per heavy atom. The Kier molecular flexibility index (Phi) is 5.42. The third kappa shape index (κ3) is 5.31. The fourth-order valence-electron chi connectivity index (χ4n) is 1.21. The molecule has 1 unspecified atom stereocenters. The lowest BCUT2D eigenvalue weighted by Gasteiger charge is -2.11. The number of carbonyl (C=O) groups is 1. The summed E-state index contributed by atoms with van der Waals surface area (Å²) in [6, 6.07) is 5.48. The molecule has 0 aliphatic heterocycles. The zero-order chi connectivity index (χ0) is 12.7. The summed E-state index contributed by atoms with van der Waals surface area (Å²) in [5.74, 6) is -0.184. The highest BCUT2D eigenvalue weighted by Crippen LogP contribution is 2.11. The van der Waals surface area contributed by atoms with Crippen molar-refractivity contribution in [2.45, 2.75) is 19.4 Å². The van der Waals surface area contributed by atoms with Gasteiger partial charge in [-0.3, -0.25) is 4.79 Å². The molecule has 1 aromatic carbocycles. The van der Waals surface area contributed by atoms with E-state index in [1.807, 2.05) is 0 Å². The van der Waals surface area contributed by atoms with Gasteiger partial charge in [0.15, 0.2) is 0 Å². The van der Waals surface area contributed by atoms with E-state index in [4.69, 9.17) is 9.84 Å². The van der Waals surface area contributed by atoms with Crippen LogP contribution in [0.15, 0.2) is 24.3 Å². The van der Waals surface area contributed by atoms with Crippen LogP contribution < -0.4 is 10.1 Å². The third-order valence-electron chi connectivity index (χ3n) is 2.08. The maximum atomic E-state index is 12.8. The van der Waals surface area contributed by atoms with Gasteiger partial charge in [0.25, 0.3) is 0 Å². The highest BCUT2D eigenvalue weighted by molar-refractivity contribution is 5.76. The lowest BCUT2D eigenvalue weighted by molar-refractivity contribution is -0.122. The molecule has 4 nitrogen and oxygen atoms in total. The largest absolute Gasteiger partial charge is 0.493 e. The minimum atomic E-state index is -0.374. The number of rotatable bonds is 6. The van der Waals surface area contributed by atoms with E-state index in [1.54, 1.807) is 19.1 Å². The predicted molar refractivity (Wildman–Crippen MR) is 61.2 cm³/mol.